The number of aromatic nitrogens is 2. The molecule has 1 heterocycles. The van der Waals surface area contributed by atoms with E-state index in [0.29, 0.717) is 10.8 Å². The Morgan fingerprint density at radius 3 is 2.90 bits per heavy atom. The van der Waals surface area contributed by atoms with Crippen LogP contribution in [0.15, 0.2) is 30.5 Å². The van der Waals surface area contributed by atoms with E-state index in [1.807, 2.05) is 22.9 Å². The van der Waals surface area contributed by atoms with Gasteiger partial charge in [0.25, 0.3) is 0 Å². The van der Waals surface area contributed by atoms with Crippen molar-refractivity contribution < 1.29 is 4.74 Å². The molecule has 1 atom stereocenters. The molecule has 108 valence electrons. The fourth-order valence-electron chi connectivity index (χ4n) is 2.24. The van der Waals surface area contributed by atoms with Crippen molar-refractivity contribution in [3.05, 3.63) is 46.7 Å². The molecule has 1 unspecified atom stereocenters. The summed E-state index contributed by atoms with van der Waals surface area (Å²) in [5.74, 6) is 6.44. The number of nitrogens with one attached hydrogen (secondary N) is 1. The van der Waals surface area contributed by atoms with Gasteiger partial charge in [0.2, 0.25) is 0 Å². The second-order valence-electron chi connectivity index (χ2n) is 4.47. The Bertz CT molecular complexity index is 570. The number of nitrogens with zero attached hydrogens (tertiary/aromatic N) is 2. The number of hydrogen-bond acceptors (Lipinski definition) is 4. The van der Waals surface area contributed by atoms with Crippen LogP contribution in [0.4, 0.5) is 0 Å². The highest BCUT2D eigenvalue weighted by atomic mass is 35.5. The third-order valence-electron chi connectivity index (χ3n) is 3.15. The van der Waals surface area contributed by atoms with Crippen LogP contribution in [0, 0.1) is 0 Å². The molecule has 0 fully saturated rings. The topological polar surface area (TPSA) is 65.1 Å². The Balaban J connectivity index is 2.44. The van der Waals surface area contributed by atoms with E-state index >= 15 is 0 Å². The van der Waals surface area contributed by atoms with Crippen LogP contribution in [0.25, 0.3) is 0 Å². The van der Waals surface area contributed by atoms with Gasteiger partial charge in [0, 0.05) is 23.3 Å². The lowest BCUT2D eigenvalue weighted by Crippen LogP contribution is -2.31. The Kier molecular flexibility index (Phi) is 5.00. The number of aryl methyl sites for hydroxylation is 1. The number of ether oxygens (including phenoxy) is 1. The zero-order valence-electron chi connectivity index (χ0n) is 11.6. The van der Waals surface area contributed by atoms with Gasteiger partial charge in [0.15, 0.2) is 0 Å². The van der Waals surface area contributed by atoms with E-state index in [0.717, 1.165) is 24.2 Å². The minimum absolute atomic E-state index is 0.198. The van der Waals surface area contributed by atoms with E-state index in [9.17, 15) is 0 Å². The summed E-state index contributed by atoms with van der Waals surface area (Å²) < 4.78 is 7.34. The summed E-state index contributed by atoms with van der Waals surface area (Å²) in [4.78, 5) is 0. The van der Waals surface area contributed by atoms with Crippen molar-refractivity contribution >= 4 is 11.6 Å². The van der Waals surface area contributed by atoms with Crippen LogP contribution in [0.5, 0.6) is 5.75 Å². The van der Waals surface area contributed by atoms with Crippen LogP contribution in [-0.4, -0.2) is 16.9 Å². The molecule has 0 aliphatic carbocycles. The van der Waals surface area contributed by atoms with Gasteiger partial charge in [0.1, 0.15) is 5.75 Å². The van der Waals surface area contributed by atoms with E-state index in [-0.39, 0.29) is 6.04 Å². The number of benzene rings is 1. The molecule has 2 aromatic rings. The standard InChI is InChI=1S/C14H19ClN4O/c1-3-8-19-12(6-7-17-19)14(18-16)11-5-4-10(15)9-13(11)20-2/h4-7,9,14,18H,3,8,16H2,1-2H3. The summed E-state index contributed by atoms with van der Waals surface area (Å²) in [5.41, 5.74) is 4.75. The Labute approximate surface area is 123 Å². The number of methoxy groups -OCH3 is 1. The molecule has 0 radical (unpaired) electrons. The highest BCUT2D eigenvalue weighted by Crippen LogP contribution is 2.31. The van der Waals surface area contributed by atoms with Gasteiger partial charge < -0.3 is 4.74 Å². The molecule has 0 amide bonds. The summed E-state index contributed by atoms with van der Waals surface area (Å²) in [7, 11) is 1.62. The van der Waals surface area contributed by atoms with Gasteiger partial charge >= 0.3 is 0 Å². The number of hydrogen-bond donors (Lipinski definition) is 2. The maximum atomic E-state index is 6.00. The quantitative estimate of drug-likeness (QED) is 0.635. The Hall–Kier alpha value is -1.56. The van der Waals surface area contributed by atoms with E-state index in [1.165, 1.54) is 0 Å². The van der Waals surface area contributed by atoms with Gasteiger partial charge in [-0.25, -0.2) is 5.43 Å². The lowest BCUT2D eigenvalue weighted by atomic mass is 10.0. The van der Waals surface area contributed by atoms with Crippen molar-refractivity contribution in [2.45, 2.75) is 25.9 Å². The molecular weight excluding hydrogens is 276 g/mol. The zero-order valence-corrected chi connectivity index (χ0v) is 12.4. The average molecular weight is 295 g/mol. The molecule has 1 aromatic heterocycles. The second kappa shape index (κ2) is 6.74. The van der Waals surface area contributed by atoms with E-state index in [4.69, 9.17) is 22.2 Å². The van der Waals surface area contributed by atoms with Gasteiger partial charge in [-0.1, -0.05) is 24.6 Å². The van der Waals surface area contributed by atoms with Crippen LogP contribution in [0.1, 0.15) is 30.6 Å². The fourth-order valence-corrected chi connectivity index (χ4v) is 2.41. The number of rotatable bonds is 6. The lowest BCUT2D eigenvalue weighted by molar-refractivity contribution is 0.401. The first-order valence-corrected chi connectivity index (χ1v) is 6.90. The molecule has 0 saturated carbocycles. The minimum atomic E-state index is -0.198. The third-order valence-corrected chi connectivity index (χ3v) is 3.39. The van der Waals surface area contributed by atoms with Gasteiger partial charge in [-0.15, -0.1) is 0 Å². The number of hydrazine groups is 1. The maximum Gasteiger partial charge on any atom is 0.125 e. The Morgan fingerprint density at radius 2 is 2.25 bits per heavy atom. The molecule has 0 aliphatic rings. The molecular formula is C14H19ClN4O. The average Bonchev–Trinajstić information content (AvgIpc) is 2.90. The SMILES string of the molecule is CCCn1nccc1C(NN)c1ccc(Cl)cc1OC. The van der Waals surface area contributed by atoms with Crippen molar-refractivity contribution in [1.29, 1.82) is 0 Å². The zero-order chi connectivity index (χ0) is 14.5. The molecule has 0 aliphatic heterocycles. The van der Waals surface area contributed by atoms with Gasteiger partial charge in [-0.3, -0.25) is 10.5 Å². The highest BCUT2D eigenvalue weighted by molar-refractivity contribution is 6.30. The van der Waals surface area contributed by atoms with Crippen molar-refractivity contribution in [3.63, 3.8) is 0 Å². The molecule has 0 bridgehead atoms. The minimum Gasteiger partial charge on any atom is -0.496 e. The third kappa shape index (κ3) is 2.95. The molecule has 20 heavy (non-hydrogen) atoms. The number of nitrogens with two attached hydrogens (primary N) is 1. The predicted octanol–water partition coefficient (Wildman–Crippen LogP) is 2.51. The van der Waals surface area contributed by atoms with Crippen molar-refractivity contribution in [1.82, 2.24) is 15.2 Å². The molecule has 1 aromatic carbocycles. The second-order valence-corrected chi connectivity index (χ2v) is 4.90. The lowest BCUT2D eigenvalue weighted by Gasteiger charge is -2.20. The first-order valence-electron chi connectivity index (χ1n) is 6.52. The van der Waals surface area contributed by atoms with Crippen LogP contribution < -0.4 is 16.0 Å². The van der Waals surface area contributed by atoms with E-state index in [1.54, 1.807) is 19.4 Å². The van der Waals surface area contributed by atoms with E-state index < -0.39 is 0 Å². The first kappa shape index (κ1) is 14.8. The van der Waals surface area contributed by atoms with Crippen molar-refractivity contribution in [2.75, 3.05) is 7.11 Å². The smallest absolute Gasteiger partial charge is 0.125 e. The fraction of sp³-hybridized carbons (Fsp3) is 0.357. The largest absolute Gasteiger partial charge is 0.496 e. The summed E-state index contributed by atoms with van der Waals surface area (Å²) in [6.45, 7) is 2.95. The summed E-state index contributed by atoms with van der Waals surface area (Å²) in [6.07, 6.45) is 2.78. The van der Waals surface area contributed by atoms with E-state index in [2.05, 4.69) is 17.4 Å². The summed E-state index contributed by atoms with van der Waals surface area (Å²) in [5, 5.41) is 4.96. The number of halogens is 1. The molecule has 3 N–H and O–H groups in total. The maximum absolute atomic E-state index is 6.00. The van der Waals surface area contributed by atoms with Crippen LogP contribution >= 0.6 is 11.6 Å². The van der Waals surface area contributed by atoms with Crippen molar-refractivity contribution in [2.24, 2.45) is 5.84 Å². The van der Waals surface area contributed by atoms with Gasteiger partial charge in [-0.05, 0) is 24.6 Å². The molecule has 6 heteroatoms. The molecule has 2 rings (SSSR count). The molecule has 5 nitrogen and oxygen atoms in total. The van der Waals surface area contributed by atoms with Gasteiger partial charge in [-0.2, -0.15) is 5.10 Å². The monoisotopic (exact) mass is 294 g/mol. The van der Waals surface area contributed by atoms with Crippen LogP contribution in [0.2, 0.25) is 5.02 Å². The summed E-state index contributed by atoms with van der Waals surface area (Å²) >= 11 is 6.00. The van der Waals surface area contributed by atoms with Crippen LogP contribution in [0.3, 0.4) is 0 Å². The normalized spacial score (nSPS) is 12.4. The molecule has 0 saturated heterocycles. The first-order chi connectivity index (χ1) is 9.71. The highest BCUT2D eigenvalue weighted by Gasteiger charge is 2.20. The van der Waals surface area contributed by atoms with Gasteiger partial charge in [0.05, 0.1) is 18.8 Å². The summed E-state index contributed by atoms with van der Waals surface area (Å²) in [6, 6.07) is 7.27. The predicted molar refractivity (Wildman–Crippen MR) is 79.7 cm³/mol. The molecule has 0 spiro atoms. The Morgan fingerprint density at radius 1 is 1.45 bits per heavy atom. The van der Waals surface area contributed by atoms with Crippen LogP contribution in [-0.2, 0) is 6.54 Å². The van der Waals surface area contributed by atoms with Crippen molar-refractivity contribution in [3.8, 4) is 5.75 Å².